The van der Waals surface area contributed by atoms with Crippen LogP contribution in [0.3, 0.4) is 0 Å². The summed E-state index contributed by atoms with van der Waals surface area (Å²) in [5.41, 5.74) is 0.0555. The third-order valence-corrected chi connectivity index (χ3v) is 5.64. The zero-order valence-corrected chi connectivity index (χ0v) is 15.5. The maximum Gasteiger partial charge on any atom is 0.313 e. The molecule has 0 spiro atoms. The Kier molecular flexibility index (Phi) is 6.39. The van der Waals surface area contributed by atoms with Gasteiger partial charge in [0.2, 0.25) is 10.0 Å². The highest BCUT2D eigenvalue weighted by Crippen LogP contribution is 2.27. The molecule has 0 bridgehead atoms. The van der Waals surface area contributed by atoms with Crippen LogP contribution in [0.2, 0.25) is 5.02 Å². The highest BCUT2D eigenvalue weighted by molar-refractivity contribution is 7.89. The number of hydrogen-bond acceptors (Lipinski definition) is 5. The highest BCUT2D eigenvalue weighted by Gasteiger charge is 2.27. The van der Waals surface area contributed by atoms with Crippen molar-refractivity contribution >= 4 is 39.1 Å². The molecule has 1 saturated heterocycles. The molecule has 138 valence electrons. The molecule has 0 unspecified atom stereocenters. The largest absolute Gasteiger partial charge is 0.379 e. The molecule has 8 nitrogen and oxygen atoms in total. The minimum atomic E-state index is -3.73. The molecule has 0 atom stereocenters. The maximum absolute atomic E-state index is 12.7. The molecule has 1 aliphatic heterocycles. The Morgan fingerprint density at radius 1 is 1.20 bits per heavy atom. The number of ether oxygens (including phenoxy) is 1. The average Bonchev–Trinajstić information content (AvgIpc) is 2.56. The summed E-state index contributed by atoms with van der Waals surface area (Å²) in [6.45, 7) is 4.59. The number of sulfonamides is 1. The van der Waals surface area contributed by atoms with E-state index < -0.39 is 21.8 Å². The summed E-state index contributed by atoms with van der Waals surface area (Å²) < 4.78 is 31.8. The lowest BCUT2D eigenvalue weighted by Crippen LogP contribution is -2.40. The van der Waals surface area contributed by atoms with Crippen molar-refractivity contribution in [2.24, 2.45) is 0 Å². The highest BCUT2D eigenvalue weighted by atomic mass is 35.5. The summed E-state index contributed by atoms with van der Waals surface area (Å²) in [6.07, 6.45) is 0. The Balaban J connectivity index is 2.22. The van der Waals surface area contributed by atoms with E-state index in [0.717, 1.165) is 0 Å². The van der Waals surface area contributed by atoms with Gasteiger partial charge in [-0.1, -0.05) is 11.6 Å². The summed E-state index contributed by atoms with van der Waals surface area (Å²) >= 11 is 6.01. The molecule has 0 saturated carbocycles. The molecular formula is C15H20ClN3O5S. The molecule has 1 aromatic carbocycles. The molecule has 0 aromatic heterocycles. The fourth-order valence-electron chi connectivity index (χ4n) is 2.20. The number of morpholine rings is 1. The lowest BCUT2D eigenvalue weighted by Gasteiger charge is -2.26. The molecule has 10 heteroatoms. The molecule has 1 aliphatic rings. The summed E-state index contributed by atoms with van der Waals surface area (Å²) in [6, 6.07) is 3.76. The van der Waals surface area contributed by atoms with Crippen LogP contribution in [-0.4, -0.2) is 56.9 Å². The number of nitrogens with one attached hydrogen (secondary N) is 2. The predicted molar refractivity (Wildman–Crippen MR) is 92.9 cm³/mol. The first-order valence-electron chi connectivity index (χ1n) is 7.71. The SMILES string of the molecule is CC(C)NC(=O)C(=O)Nc1cc(S(=O)(=O)N2CCOCC2)ccc1Cl. The van der Waals surface area contributed by atoms with Crippen molar-refractivity contribution in [2.45, 2.75) is 24.8 Å². The van der Waals surface area contributed by atoms with E-state index in [2.05, 4.69) is 10.6 Å². The topological polar surface area (TPSA) is 105 Å². The van der Waals surface area contributed by atoms with Crippen LogP contribution in [0.1, 0.15) is 13.8 Å². The molecule has 2 amide bonds. The van der Waals surface area contributed by atoms with Crippen LogP contribution in [-0.2, 0) is 24.3 Å². The van der Waals surface area contributed by atoms with Crippen molar-refractivity contribution in [3.8, 4) is 0 Å². The minimum Gasteiger partial charge on any atom is -0.379 e. The van der Waals surface area contributed by atoms with Crippen LogP contribution in [0.25, 0.3) is 0 Å². The fraction of sp³-hybridized carbons (Fsp3) is 0.467. The van der Waals surface area contributed by atoms with Crippen LogP contribution in [0.5, 0.6) is 0 Å². The van der Waals surface area contributed by atoms with Crippen LogP contribution < -0.4 is 10.6 Å². The Labute approximate surface area is 151 Å². The molecule has 2 rings (SSSR count). The summed E-state index contributed by atoms with van der Waals surface area (Å²) in [5.74, 6) is -1.75. The third kappa shape index (κ3) is 4.91. The lowest BCUT2D eigenvalue weighted by molar-refractivity contribution is -0.136. The summed E-state index contributed by atoms with van der Waals surface area (Å²) in [7, 11) is -3.73. The second-order valence-corrected chi connectivity index (χ2v) is 8.09. The molecule has 1 fully saturated rings. The molecule has 0 aliphatic carbocycles. The van der Waals surface area contributed by atoms with Crippen LogP contribution in [0.4, 0.5) is 5.69 Å². The van der Waals surface area contributed by atoms with Gasteiger partial charge in [-0.2, -0.15) is 4.31 Å². The van der Waals surface area contributed by atoms with Crippen LogP contribution in [0, 0.1) is 0 Å². The summed E-state index contributed by atoms with van der Waals surface area (Å²) in [4.78, 5) is 23.6. The Morgan fingerprint density at radius 2 is 1.84 bits per heavy atom. The van der Waals surface area contributed by atoms with Crippen molar-refractivity contribution < 1.29 is 22.7 Å². The number of halogens is 1. The van der Waals surface area contributed by atoms with Gasteiger partial charge in [0.05, 0.1) is 28.8 Å². The molecule has 1 heterocycles. The van der Waals surface area contributed by atoms with Crippen molar-refractivity contribution in [3.05, 3.63) is 23.2 Å². The van der Waals surface area contributed by atoms with Gasteiger partial charge >= 0.3 is 11.8 Å². The maximum atomic E-state index is 12.7. The van der Waals surface area contributed by atoms with Crippen molar-refractivity contribution in [1.82, 2.24) is 9.62 Å². The zero-order valence-electron chi connectivity index (χ0n) is 13.9. The number of carbonyl (C=O) groups is 2. The fourth-order valence-corrected chi connectivity index (χ4v) is 3.80. The molecule has 25 heavy (non-hydrogen) atoms. The van der Waals surface area contributed by atoms with E-state index in [1.165, 1.54) is 22.5 Å². The Bertz CT molecular complexity index is 760. The molecule has 1 aromatic rings. The first-order chi connectivity index (χ1) is 11.7. The standard InChI is InChI=1S/C15H20ClN3O5S/c1-10(2)17-14(20)15(21)18-13-9-11(3-4-12(13)16)25(22,23)19-5-7-24-8-6-19/h3-4,9-10H,5-8H2,1-2H3,(H,17,20)(H,18,21). The van der Waals surface area contributed by atoms with E-state index >= 15 is 0 Å². The number of nitrogens with zero attached hydrogens (tertiary/aromatic N) is 1. The second kappa shape index (κ2) is 8.13. The first-order valence-corrected chi connectivity index (χ1v) is 9.53. The van der Waals surface area contributed by atoms with Gasteiger partial charge in [-0.3, -0.25) is 9.59 Å². The van der Waals surface area contributed by atoms with Crippen molar-refractivity contribution in [3.63, 3.8) is 0 Å². The third-order valence-electron chi connectivity index (χ3n) is 3.42. The smallest absolute Gasteiger partial charge is 0.313 e. The van der Waals surface area contributed by atoms with E-state index in [4.69, 9.17) is 16.3 Å². The van der Waals surface area contributed by atoms with E-state index in [9.17, 15) is 18.0 Å². The average molecular weight is 390 g/mol. The van der Waals surface area contributed by atoms with Gasteiger partial charge in [-0.15, -0.1) is 0 Å². The van der Waals surface area contributed by atoms with Crippen molar-refractivity contribution in [2.75, 3.05) is 31.6 Å². The van der Waals surface area contributed by atoms with Gasteiger partial charge in [0.25, 0.3) is 0 Å². The van der Waals surface area contributed by atoms with E-state index in [1.54, 1.807) is 13.8 Å². The predicted octanol–water partition coefficient (Wildman–Crippen LogP) is 0.824. The number of carbonyl (C=O) groups excluding carboxylic acids is 2. The van der Waals surface area contributed by atoms with E-state index in [-0.39, 0.29) is 34.7 Å². The Morgan fingerprint density at radius 3 is 2.44 bits per heavy atom. The van der Waals surface area contributed by atoms with Gasteiger partial charge in [-0.05, 0) is 32.0 Å². The van der Waals surface area contributed by atoms with Gasteiger partial charge in [-0.25, -0.2) is 8.42 Å². The summed E-state index contributed by atoms with van der Waals surface area (Å²) in [5, 5.41) is 4.92. The zero-order chi connectivity index (χ0) is 18.6. The monoisotopic (exact) mass is 389 g/mol. The molecular weight excluding hydrogens is 370 g/mol. The molecule has 0 radical (unpaired) electrons. The number of amides is 2. The first kappa shape index (κ1) is 19.6. The number of rotatable bonds is 4. The van der Waals surface area contributed by atoms with E-state index in [1.807, 2.05) is 0 Å². The number of benzene rings is 1. The van der Waals surface area contributed by atoms with Gasteiger partial charge in [0.1, 0.15) is 0 Å². The van der Waals surface area contributed by atoms with Crippen LogP contribution >= 0.6 is 11.6 Å². The van der Waals surface area contributed by atoms with Crippen molar-refractivity contribution in [1.29, 1.82) is 0 Å². The molecule has 2 N–H and O–H groups in total. The quantitative estimate of drug-likeness (QED) is 0.742. The van der Waals surface area contributed by atoms with Crippen LogP contribution in [0.15, 0.2) is 23.1 Å². The minimum absolute atomic E-state index is 0.0154. The second-order valence-electron chi connectivity index (χ2n) is 5.74. The van der Waals surface area contributed by atoms with E-state index in [0.29, 0.717) is 13.2 Å². The van der Waals surface area contributed by atoms with Gasteiger partial charge in [0, 0.05) is 19.1 Å². The Hall–Kier alpha value is -1.68. The number of hydrogen-bond donors (Lipinski definition) is 2. The number of anilines is 1. The van der Waals surface area contributed by atoms with Gasteiger partial charge < -0.3 is 15.4 Å². The van der Waals surface area contributed by atoms with Gasteiger partial charge in [0.15, 0.2) is 0 Å². The normalized spacial score (nSPS) is 15.8. The lowest BCUT2D eigenvalue weighted by atomic mass is 10.3.